The Morgan fingerprint density at radius 1 is 1.04 bits per heavy atom. The van der Waals surface area contributed by atoms with Crippen LogP contribution in [0.4, 0.5) is 4.79 Å². The van der Waals surface area contributed by atoms with E-state index in [0.717, 1.165) is 11.1 Å². The Kier molecular flexibility index (Phi) is 7.26. The van der Waals surface area contributed by atoms with Crippen LogP contribution in [0.25, 0.3) is 0 Å². The van der Waals surface area contributed by atoms with Gasteiger partial charge in [-0.3, -0.25) is 0 Å². The monoisotopic (exact) mass is 328 g/mol. The molecule has 24 heavy (non-hydrogen) atoms. The topological polar surface area (TPSA) is 70.6 Å². The molecule has 5 heteroatoms. The fourth-order valence-corrected chi connectivity index (χ4v) is 2.42. The minimum absolute atomic E-state index is 0.201. The van der Waals surface area contributed by atoms with Crippen LogP contribution < -0.4 is 10.6 Å². The molecule has 5 nitrogen and oxygen atoms in total. The number of likely N-dealkylation sites (N-methyl/N-ethyl adjacent to an activating group) is 1. The molecule has 1 amide bonds. The van der Waals surface area contributed by atoms with Crippen LogP contribution in [0.2, 0.25) is 0 Å². The summed E-state index contributed by atoms with van der Waals surface area (Å²) in [6, 6.07) is 18.8. The number of alkyl carbamates (subject to hydrolysis) is 1. The minimum atomic E-state index is -0.709. The van der Waals surface area contributed by atoms with E-state index in [0.29, 0.717) is 13.0 Å². The molecule has 0 heterocycles. The molecule has 3 N–H and O–H groups in total. The van der Waals surface area contributed by atoms with Crippen molar-refractivity contribution in [1.82, 2.24) is 10.6 Å². The first-order chi connectivity index (χ1) is 11.7. The normalized spacial score (nSPS) is 13.1. The number of aliphatic hydroxyl groups excluding tert-OH is 1. The number of ether oxygens (including phenoxy) is 1. The zero-order chi connectivity index (χ0) is 17.2. The number of carbonyl (C=O) groups excluding carboxylic acids is 1. The molecule has 0 aliphatic rings. The van der Waals surface area contributed by atoms with Crippen molar-refractivity contribution in [1.29, 1.82) is 0 Å². The lowest BCUT2D eigenvalue weighted by Crippen LogP contribution is -2.48. The van der Waals surface area contributed by atoms with Gasteiger partial charge in [-0.05, 0) is 24.6 Å². The molecule has 0 aliphatic heterocycles. The number of aliphatic hydroxyl groups is 1. The molecular formula is C19H24N2O3. The lowest BCUT2D eigenvalue weighted by atomic mass is 10.0. The van der Waals surface area contributed by atoms with Crippen LogP contribution in [0.1, 0.15) is 11.1 Å². The summed E-state index contributed by atoms with van der Waals surface area (Å²) in [7, 11) is 1.76. The van der Waals surface area contributed by atoms with Crippen LogP contribution in [-0.2, 0) is 17.8 Å². The van der Waals surface area contributed by atoms with Gasteiger partial charge in [-0.1, -0.05) is 60.7 Å². The van der Waals surface area contributed by atoms with Crippen molar-refractivity contribution in [3.05, 3.63) is 71.8 Å². The maximum absolute atomic E-state index is 12.1. The predicted octanol–water partition coefficient (Wildman–Crippen LogP) is 2.10. The van der Waals surface area contributed by atoms with Crippen molar-refractivity contribution < 1.29 is 14.6 Å². The van der Waals surface area contributed by atoms with Crippen molar-refractivity contribution in [3.8, 4) is 0 Å². The lowest BCUT2D eigenvalue weighted by Gasteiger charge is -2.24. The van der Waals surface area contributed by atoms with E-state index in [1.165, 1.54) is 0 Å². The van der Waals surface area contributed by atoms with Crippen molar-refractivity contribution in [2.75, 3.05) is 13.6 Å². The second kappa shape index (κ2) is 9.70. The summed E-state index contributed by atoms with van der Waals surface area (Å²) >= 11 is 0. The van der Waals surface area contributed by atoms with Gasteiger partial charge in [0, 0.05) is 6.54 Å². The Hall–Kier alpha value is -2.37. The van der Waals surface area contributed by atoms with Gasteiger partial charge in [0.1, 0.15) is 6.61 Å². The predicted molar refractivity (Wildman–Crippen MR) is 93.6 cm³/mol. The van der Waals surface area contributed by atoms with Gasteiger partial charge < -0.3 is 20.5 Å². The molecule has 0 bridgehead atoms. The second-order valence-electron chi connectivity index (χ2n) is 5.63. The summed E-state index contributed by atoms with van der Waals surface area (Å²) in [5, 5.41) is 16.0. The number of nitrogens with one attached hydrogen (secondary N) is 2. The number of hydrogen-bond donors (Lipinski definition) is 3. The van der Waals surface area contributed by atoms with Gasteiger partial charge in [-0.2, -0.15) is 0 Å². The second-order valence-corrected chi connectivity index (χ2v) is 5.63. The van der Waals surface area contributed by atoms with Gasteiger partial charge in [0.15, 0.2) is 0 Å². The number of hydrogen-bond acceptors (Lipinski definition) is 4. The van der Waals surface area contributed by atoms with Crippen molar-refractivity contribution in [2.24, 2.45) is 0 Å². The fraction of sp³-hybridized carbons (Fsp3) is 0.316. The first kappa shape index (κ1) is 18.0. The minimum Gasteiger partial charge on any atom is -0.445 e. The van der Waals surface area contributed by atoms with E-state index < -0.39 is 18.2 Å². The molecule has 1 unspecified atom stereocenters. The number of carbonyl (C=O) groups is 1. The summed E-state index contributed by atoms with van der Waals surface area (Å²) in [6.45, 7) is 0.587. The highest BCUT2D eigenvalue weighted by atomic mass is 16.5. The van der Waals surface area contributed by atoms with Crippen LogP contribution >= 0.6 is 0 Å². The van der Waals surface area contributed by atoms with Gasteiger partial charge in [0.2, 0.25) is 0 Å². The Morgan fingerprint density at radius 3 is 2.21 bits per heavy atom. The summed E-state index contributed by atoms with van der Waals surface area (Å²) in [5.74, 6) is 0. The highest BCUT2D eigenvalue weighted by molar-refractivity contribution is 5.67. The van der Waals surface area contributed by atoms with E-state index >= 15 is 0 Å². The molecule has 2 atom stereocenters. The summed E-state index contributed by atoms with van der Waals surface area (Å²) in [6.07, 6.45) is -0.709. The maximum Gasteiger partial charge on any atom is 0.407 e. The van der Waals surface area contributed by atoms with Crippen LogP contribution in [0.5, 0.6) is 0 Å². The summed E-state index contributed by atoms with van der Waals surface area (Å²) in [5.41, 5.74) is 1.96. The number of benzene rings is 2. The van der Waals surface area contributed by atoms with Gasteiger partial charge >= 0.3 is 6.09 Å². The summed E-state index contributed by atoms with van der Waals surface area (Å²) < 4.78 is 5.24. The molecule has 0 aromatic heterocycles. The van der Waals surface area contributed by atoms with Gasteiger partial charge in [0.25, 0.3) is 0 Å². The molecule has 0 saturated carbocycles. The molecule has 0 fully saturated rings. The molecule has 0 radical (unpaired) electrons. The number of rotatable bonds is 8. The van der Waals surface area contributed by atoms with Crippen LogP contribution in [0.15, 0.2) is 60.7 Å². The molecule has 2 rings (SSSR count). The standard InChI is InChI=1S/C19H24N2O3/c1-20-13-18(22)17(12-15-8-4-2-5-9-15)21-19(23)24-14-16-10-6-3-7-11-16/h2-11,17-18,20,22H,12-14H2,1H3,(H,21,23)/t17-,18?/m0/s1. The molecular weight excluding hydrogens is 304 g/mol. The third-order valence-electron chi connectivity index (χ3n) is 3.69. The smallest absolute Gasteiger partial charge is 0.407 e. The molecule has 128 valence electrons. The highest BCUT2D eigenvalue weighted by Crippen LogP contribution is 2.07. The first-order valence-corrected chi connectivity index (χ1v) is 8.03. The highest BCUT2D eigenvalue weighted by Gasteiger charge is 2.22. The van der Waals surface area contributed by atoms with E-state index in [-0.39, 0.29) is 6.61 Å². The van der Waals surface area contributed by atoms with E-state index in [9.17, 15) is 9.90 Å². The Morgan fingerprint density at radius 2 is 1.62 bits per heavy atom. The Bertz CT molecular complexity index is 605. The van der Waals surface area contributed by atoms with Crippen LogP contribution in [-0.4, -0.2) is 36.9 Å². The lowest BCUT2D eigenvalue weighted by molar-refractivity contribution is 0.102. The Balaban J connectivity index is 1.92. The average molecular weight is 328 g/mol. The zero-order valence-electron chi connectivity index (χ0n) is 13.8. The first-order valence-electron chi connectivity index (χ1n) is 8.03. The molecule has 0 saturated heterocycles. The zero-order valence-corrected chi connectivity index (χ0v) is 13.8. The average Bonchev–Trinajstić information content (AvgIpc) is 2.61. The SMILES string of the molecule is CNCC(O)[C@H](Cc1ccccc1)NC(=O)OCc1ccccc1. The van der Waals surface area contributed by atoms with Crippen LogP contribution in [0, 0.1) is 0 Å². The van der Waals surface area contributed by atoms with E-state index in [1.54, 1.807) is 7.05 Å². The van der Waals surface area contributed by atoms with E-state index in [4.69, 9.17) is 4.74 Å². The fourth-order valence-electron chi connectivity index (χ4n) is 2.42. The third kappa shape index (κ3) is 6.02. The van der Waals surface area contributed by atoms with E-state index in [1.807, 2.05) is 60.7 Å². The number of amides is 1. The van der Waals surface area contributed by atoms with Gasteiger partial charge in [-0.15, -0.1) is 0 Å². The molecule has 0 spiro atoms. The van der Waals surface area contributed by atoms with Crippen molar-refractivity contribution >= 4 is 6.09 Å². The van der Waals surface area contributed by atoms with Gasteiger partial charge in [0.05, 0.1) is 12.1 Å². The molecule has 2 aromatic carbocycles. The van der Waals surface area contributed by atoms with Gasteiger partial charge in [-0.25, -0.2) is 4.79 Å². The molecule has 0 aliphatic carbocycles. The van der Waals surface area contributed by atoms with Crippen molar-refractivity contribution in [3.63, 3.8) is 0 Å². The van der Waals surface area contributed by atoms with Crippen molar-refractivity contribution in [2.45, 2.75) is 25.2 Å². The van der Waals surface area contributed by atoms with E-state index in [2.05, 4.69) is 10.6 Å². The van der Waals surface area contributed by atoms with Crippen LogP contribution in [0.3, 0.4) is 0 Å². The summed E-state index contributed by atoms with van der Waals surface area (Å²) in [4.78, 5) is 12.1. The molecule has 2 aromatic rings. The largest absolute Gasteiger partial charge is 0.445 e. The quantitative estimate of drug-likeness (QED) is 0.694. The maximum atomic E-state index is 12.1. The Labute approximate surface area is 142 Å². The third-order valence-corrected chi connectivity index (χ3v) is 3.69.